The summed E-state index contributed by atoms with van der Waals surface area (Å²) < 4.78 is 1.64. The van der Waals surface area contributed by atoms with Gasteiger partial charge in [-0.05, 0) is 74.1 Å². The molecule has 5 nitrogen and oxygen atoms in total. The van der Waals surface area contributed by atoms with Crippen LogP contribution in [0.4, 0.5) is 11.4 Å². The highest BCUT2D eigenvalue weighted by Gasteiger charge is 2.11. The minimum Gasteiger partial charge on any atom is -0.332 e. The van der Waals surface area contributed by atoms with Gasteiger partial charge in [0.05, 0.1) is 16.6 Å². The van der Waals surface area contributed by atoms with E-state index in [0.29, 0.717) is 21.8 Å². The molecule has 0 fully saturated rings. The highest BCUT2D eigenvalue weighted by Crippen LogP contribution is 2.18. The Bertz CT molecular complexity index is 1270. The minimum atomic E-state index is -0.108. The molecular weight excluding hydrogens is 380 g/mol. The van der Waals surface area contributed by atoms with Gasteiger partial charge in [-0.25, -0.2) is 4.98 Å². The molecule has 0 aliphatic rings. The molecule has 0 atom stereocenters. The van der Waals surface area contributed by atoms with Gasteiger partial charge >= 0.3 is 0 Å². The summed E-state index contributed by atoms with van der Waals surface area (Å²) in [5, 5.41) is 7.25. The largest absolute Gasteiger partial charge is 0.332 e. The van der Waals surface area contributed by atoms with E-state index in [4.69, 9.17) is 12.2 Å². The molecule has 0 aliphatic carbocycles. The average molecular weight is 401 g/mol. The molecule has 0 unspecified atom stereocenters. The predicted octanol–water partition coefficient (Wildman–Crippen LogP) is 4.81. The molecule has 0 aliphatic heterocycles. The Morgan fingerprint density at radius 1 is 0.897 bits per heavy atom. The molecule has 4 aromatic rings. The zero-order chi connectivity index (χ0) is 20.4. The molecule has 0 saturated carbocycles. The number of aromatic nitrogens is 2. The van der Waals surface area contributed by atoms with Crippen molar-refractivity contribution in [1.29, 1.82) is 0 Å². The van der Waals surface area contributed by atoms with E-state index in [1.807, 2.05) is 80.6 Å². The molecule has 4 rings (SSSR count). The SMILES string of the molecule is Cc1cccc(-n2c(C)nc3ccc(NC(=S)Nc4ccccc4)cc3c2=O)c1. The number of rotatable bonds is 3. The number of aryl methyl sites for hydroxylation is 2. The Morgan fingerprint density at radius 3 is 2.41 bits per heavy atom. The first kappa shape index (κ1) is 18.8. The molecular formula is C23H20N4OS. The van der Waals surface area contributed by atoms with Crippen LogP contribution in [0, 0.1) is 13.8 Å². The summed E-state index contributed by atoms with van der Waals surface area (Å²) in [5.41, 5.74) is 4.06. The number of hydrogen-bond donors (Lipinski definition) is 2. The molecule has 0 bridgehead atoms. The highest BCUT2D eigenvalue weighted by molar-refractivity contribution is 7.80. The number of fused-ring (bicyclic) bond motifs is 1. The Hall–Kier alpha value is -3.51. The van der Waals surface area contributed by atoms with Crippen molar-refractivity contribution in [3.8, 4) is 5.69 Å². The molecule has 0 radical (unpaired) electrons. The molecule has 144 valence electrons. The van der Waals surface area contributed by atoms with E-state index in [0.717, 1.165) is 22.6 Å². The van der Waals surface area contributed by atoms with E-state index in [1.165, 1.54) is 0 Å². The number of anilines is 2. The highest BCUT2D eigenvalue weighted by atomic mass is 32.1. The lowest BCUT2D eigenvalue weighted by Gasteiger charge is -2.13. The number of benzene rings is 3. The van der Waals surface area contributed by atoms with Gasteiger partial charge < -0.3 is 10.6 Å². The summed E-state index contributed by atoms with van der Waals surface area (Å²) in [6, 6.07) is 23.0. The van der Waals surface area contributed by atoms with E-state index < -0.39 is 0 Å². The van der Waals surface area contributed by atoms with Gasteiger partial charge in [-0.1, -0.05) is 30.3 Å². The van der Waals surface area contributed by atoms with Crippen molar-refractivity contribution in [2.45, 2.75) is 13.8 Å². The molecule has 29 heavy (non-hydrogen) atoms. The maximum absolute atomic E-state index is 13.2. The predicted molar refractivity (Wildman–Crippen MR) is 123 cm³/mol. The summed E-state index contributed by atoms with van der Waals surface area (Å²) in [6.45, 7) is 3.84. The average Bonchev–Trinajstić information content (AvgIpc) is 2.69. The van der Waals surface area contributed by atoms with Crippen LogP contribution in [0.15, 0.2) is 77.6 Å². The molecule has 1 heterocycles. The Labute approximate surface area is 174 Å². The van der Waals surface area contributed by atoms with Gasteiger partial charge in [-0.3, -0.25) is 9.36 Å². The van der Waals surface area contributed by atoms with Crippen molar-refractivity contribution in [1.82, 2.24) is 9.55 Å². The zero-order valence-electron chi connectivity index (χ0n) is 16.1. The van der Waals surface area contributed by atoms with Gasteiger partial charge in [0.15, 0.2) is 5.11 Å². The summed E-state index contributed by atoms with van der Waals surface area (Å²) in [4.78, 5) is 17.9. The van der Waals surface area contributed by atoms with Gasteiger partial charge in [0.25, 0.3) is 5.56 Å². The molecule has 2 N–H and O–H groups in total. The van der Waals surface area contributed by atoms with Gasteiger partial charge in [0.1, 0.15) is 5.82 Å². The summed E-state index contributed by atoms with van der Waals surface area (Å²) >= 11 is 5.39. The third kappa shape index (κ3) is 4.02. The number of thiocarbonyl (C=S) groups is 1. The van der Waals surface area contributed by atoms with Crippen LogP contribution < -0.4 is 16.2 Å². The van der Waals surface area contributed by atoms with Gasteiger partial charge in [0.2, 0.25) is 0 Å². The second-order valence-electron chi connectivity index (χ2n) is 6.82. The van der Waals surface area contributed by atoms with E-state index >= 15 is 0 Å². The summed E-state index contributed by atoms with van der Waals surface area (Å²) in [6.07, 6.45) is 0. The minimum absolute atomic E-state index is 0.108. The Kier molecular flexibility index (Phi) is 5.10. The van der Waals surface area contributed by atoms with Crippen molar-refractivity contribution in [2.75, 3.05) is 10.6 Å². The third-order valence-corrected chi connectivity index (χ3v) is 4.79. The first-order valence-electron chi connectivity index (χ1n) is 9.25. The first-order valence-corrected chi connectivity index (χ1v) is 9.65. The Morgan fingerprint density at radius 2 is 1.66 bits per heavy atom. The molecule has 0 spiro atoms. The fourth-order valence-electron chi connectivity index (χ4n) is 3.26. The van der Waals surface area contributed by atoms with Crippen LogP contribution >= 0.6 is 12.2 Å². The van der Waals surface area contributed by atoms with Crippen LogP contribution in [0.25, 0.3) is 16.6 Å². The lowest BCUT2D eigenvalue weighted by atomic mass is 10.2. The molecule has 0 saturated heterocycles. The standard InChI is InChI=1S/C23H20N4OS/c1-15-7-6-10-19(13-15)27-16(2)24-21-12-11-18(14-20(21)22(27)28)26-23(29)25-17-8-4-3-5-9-17/h3-14H,1-2H3,(H2,25,26,29). The number of para-hydroxylation sites is 1. The third-order valence-electron chi connectivity index (χ3n) is 4.59. The molecule has 6 heteroatoms. The molecule has 0 amide bonds. The van der Waals surface area contributed by atoms with Crippen molar-refractivity contribution in [3.63, 3.8) is 0 Å². The van der Waals surface area contributed by atoms with Crippen LogP contribution in [0.5, 0.6) is 0 Å². The van der Waals surface area contributed by atoms with E-state index in [1.54, 1.807) is 10.6 Å². The smallest absolute Gasteiger partial charge is 0.266 e. The second-order valence-corrected chi connectivity index (χ2v) is 7.22. The molecule has 3 aromatic carbocycles. The fourth-order valence-corrected chi connectivity index (χ4v) is 3.50. The summed E-state index contributed by atoms with van der Waals surface area (Å²) in [7, 11) is 0. The van der Waals surface area contributed by atoms with Crippen LogP contribution in [0.2, 0.25) is 0 Å². The van der Waals surface area contributed by atoms with Crippen molar-refractivity contribution in [2.24, 2.45) is 0 Å². The topological polar surface area (TPSA) is 59.0 Å². The number of hydrogen-bond acceptors (Lipinski definition) is 3. The van der Waals surface area contributed by atoms with Crippen molar-refractivity contribution >= 4 is 39.6 Å². The quantitative estimate of drug-likeness (QED) is 0.483. The lowest BCUT2D eigenvalue weighted by Crippen LogP contribution is -2.23. The van der Waals surface area contributed by atoms with Crippen LogP contribution in [-0.4, -0.2) is 14.7 Å². The first-order chi connectivity index (χ1) is 14.0. The van der Waals surface area contributed by atoms with Gasteiger partial charge in [-0.15, -0.1) is 0 Å². The maximum atomic E-state index is 13.2. The fraction of sp³-hybridized carbons (Fsp3) is 0.0870. The van der Waals surface area contributed by atoms with Crippen molar-refractivity contribution < 1.29 is 0 Å². The van der Waals surface area contributed by atoms with Crippen LogP contribution in [0.1, 0.15) is 11.4 Å². The summed E-state index contributed by atoms with van der Waals surface area (Å²) in [5.74, 6) is 0.648. The zero-order valence-corrected chi connectivity index (χ0v) is 17.0. The van der Waals surface area contributed by atoms with Gasteiger partial charge in [-0.2, -0.15) is 0 Å². The normalized spacial score (nSPS) is 10.7. The number of nitrogens with zero attached hydrogens (tertiary/aromatic N) is 2. The number of nitrogens with one attached hydrogen (secondary N) is 2. The Balaban J connectivity index is 1.70. The van der Waals surface area contributed by atoms with Gasteiger partial charge in [0, 0.05) is 11.4 Å². The van der Waals surface area contributed by atoms with Crippen LogP contribution in [0.3, 0.4) is 0 Å². The molecule has 1 aromatic heterocycles. The van der Waals surface area contributed by atoms with Crippen molar-refractivity contribution in [3.05, 3.63) is 94.5 Å². The van der Waals surface area contributed by atoms with E-state index in [-0.39, 0.29) is 5.56 Å². The monoisotopic (exact) mass is 400 g/mol. The van der Waals surface area contributed by atoms with E-state index in [9.17, 15) is 4.79 Å². The lowest BCUT2D eigenvalue weighted by molar-refractivity contribution is 0.893. The van der Waals surface area contributed by atoms with Crippen LogP contribution in [-0.2, 0) is 0 Å². The van der Waals surface area contributed by atoms with E-state index in [2.05, 4.69) is 15.6 Å². The maximum Gasteiger partial charge on any atom is 0.266 e. The second kappa shape index (κ2) is 7.85.